The second-order valence-electron chi connectivity index (χ2n) is 17.4. The van der Waals surface area contributed by atoms with Crippen molar-refractivity contribution in [2.45, 2.75) is 0 Å². The number of rotatable bonds is 8. The first-order valence-electron chi connectivity index (χ1n) is 23.1. The fourth-order valence-electron chi connectivity index (χ4n) is 10.0. The predicted molar refractivity (Wildman–Crippen MR) is 283 cm³/mol. The lowest BCUT2D eigenvalue weighted by Gasteiger charge is -2.13. The van der Waals surface area contributed by atoms with Crippen LogP contribution in [0.3, 0.4) is 0 Å². The van der Waals surface area contributed by atoms with Crippen molar-refractivity contribution in [3.05, 3.63) is 255 Å². The SMILES string of the molecule is c1ccc(-c2ccc(-c3cc(-c4ccc(-c5ccccc5)cc4)nc(-c4cccc(-n5c6ccccc6c6cc(-c7ccc8c(c7)c7ccccc7n8-c7ccccc7)ccc65)c4)n3)cc2)cc1. The second-order valence-corrected chi connectivity index (χ2v) is 17.4. The van der Waals surface area contributed by atoms with Gasteiger partial charge in [0.1, 0.15) is 0 Å². The molecule has 0 N–H and O–H groups in total. The standard InChI is InChI=1S/C64H42N4/c1-4-15-43(16-5-1)45-27-31-47(32-28-45)58-42-59(48-33-29-46(30-34-48)44-17-6-2-7-18-44)66-64(65-58)51-19-14-22-53(39-51)68-61-26-13-11-24-55(61)57-41-50(36-38-63(57)68)49-35-37-62-56(40-49)54-23-10-12-25-60(54)67(62)52-20-8-3-9-21-52/h1-42H. The molecule has 3 aromatic heterocycles. The Kier molecular flexibility index (Phi) is 9.47. The molecule has 3 heterocycles. The fourth-order valence-corrected chi connectivity index (χ4v) is 10.0. The third kappa shape index (κ3) is 6.86. The number of fused-ring (bicyclic) bond motifs is 6. The van der Waals surface area contributed by atoms with Crippen molar-refractivity contribution in [2.24, 2.45) is 0 Å². The molecule has 0 saturated carbocycles. The minimum atomic E-state index is 0.672. The molecule has 68 heavy (non-hydrogen) atoms. The molecule has 0 saturated heterocycles. The van der Waals surface area contributed by atoms with Gasteiger partial charge >= 0.3 is 0 Å². The van der Waals surface area contributed by atoms with E-state index < -0.39 is 0 Å². The maximum atomic E-state index is 5.30. The molecule has 13 rings (SSSR count). The van der Waals surface area contributed by atoms with Gasteiger partial charge in [0.15, 0.2) is 5.82 Å². The molecule has 0 spiro atoms. The first-order valence-corrected chi connectivity index (χ1v) is 23.1. The van der Waals surface area contributed by atoms with Crippen molar-refractivity contribution in [1.82, 2.24) is 19.1 Å². The van der Waals surface area contributed by atoms with Gasteiger partial charge in [-0.25, -0.2) is 9.97 Å². The van der Waals surface area contributed by atoms with Crippen LogP contribution in [-0.2, 0) is 0 Å². The first kappa shape index (κ1) is 39.3. The highest BCUT2D eigenvalue weighted by molar-refractivity contribution is 6.12. The van der Waals surface area contributed by atoms with E-state index in [1.165, 1.54) is 66.0 Å². The zero-order chi connectivity index (χ0) is 45.0. The molecule has 0 aliphatic rings. The van der Waals surface area contributed by atoms with Gasteiger partial charge in [0.25, 0.3) is 0 Å². The number of aromatic nitrogens is 4. The molecule has 0 atom stereocenters. The van der Waals surface area contributed by atoms with Gasteiger partial charge in [0.05, 0.1) is 33.5 Å². The second kappa shape index (κ2) is 16.4. The average molecular weight is 867 g/mol. The molecule has 0 fully saturated rings. The molecule has 0 aliphatic heterocycles. The van der Waals surface area contributed by atoms with Crippen LogP contribution in [0.1, 0.15) is 0 Å². The first-order chi connectivity index (χ1) is 33.7. The highest BCUT2D eigenvalue weighted by atomic mass is 15.0. The number of hydrogen-bond donors (Lipinski definition) is 0. The van der Waals surface area contributed by atoms with E-state index in [1.807, 2.05) is 0 Å². The van der Waals surface area contributed by atoms with E-state index in [2.05, 4.69) is 264 Å². The highest BCUT2D eigenvalue weighted by Gasteiger charge is 2.18. The number of hydrogen-bond acceptors (Lipinski definition) is 2. The Morgan fingerprint density at radius 1 is 0.221 bits per heavy atom. The summed E-state index contributed by atoms with van der Waals surface area (Å²) in [6.07, 6.45) is 0. The molecular formula is C64H42N4. The monoisotopic (exact) mass is 866 g/mol. The Labute approximate surface area is 394 Å². The van der Waals surface area contributed by atoms with Crippen molar-refractivity contribution in [2.75, 3.05) is 0 Å². The van der Waals surface area contributed by atoms with Gasteiger partial charge in [0.2, 0.25) is 0 Å². The van der Waals surface area contributed by atoms with E-state index in [-0.39, 0.29) is 0 Å². The Morgan fingerprint density at radius 3 is 1.10 bits per heavy atom. The molecule has 0 aliphatic carbocycles. The molecular weight excluding hydrogens is 825 g/mol. The minimum absolute atomic E-state index is 0.672. The topological polar surface area (TPSA) is 35.6 Å². The van der Waals surface area contributed by atoms with E-state index in [0.717, 1.165) is 50.5 Å². The van der Waals surface area contributed by atoms with Crippen molar-refractivity contribution in [1.29, 1.82) is 0 Å². The van der Waals surface area contributed by atoms with E-state index in [4.69, 9.17) is 9.97 Å². The largest absolute Gasteiger partial charge is 0.309 e. The Balaban J connectivity index is 0.914. The molecule has 0 amide bonds. The summed E-state index contributed by atoms with van der Waals surface area (Å²) >= 11 is 0. The van der Waals surface area contributed by atoms with Crippen LogP contribution >= 0.6 is 0 Å². The van der Waals surface area contributed by atoms with Crippen LogP contribution < -0.4 is 0 Å². The Bertz CT molecular complexity index is 3880. The van der Waals surface area contributed by atoms with Crippen LogP contribution in [0.15, 0.2) is 255 Å². The van der Waals surface area contributed by atoms with Crippen LogP contribution in [0.25, 0.3) is 122 Å². The summed E-state index contributed by atoms with van der Waals surface area (Å²) in [7, 11) is 0. The summed E-state index contributed by atoms with van der Waals surface area (Å²) in [6, 6.07) is 91.1. The average Bonchev–Trinajstić information content (AvgIpc) is 3.94. The highest BCUT2D eigenvalue weighted by Crippen LogP contribution is 2.39. The minimum Gasteiger partial charge on any atom is -0.309 e. The molecule has 0 unspecified atom stereocenters. The fraction of sp³-hybridized carbons (Fsp3) is 0. The molecule has 318 valence electrons. The molecule has 4 heteroatoms. The summed E-state index contributed by atoms with van der Waals surface area (Å²) in [5.41, 5.74) is 18.7. The number of nitrogens with zero attached hydrogens (tertiary/aromatic N) is 4. The van der Waals surface area contributed by atoms with Gasteiger partial charge in [-0.3, -0.25) is 0 Å². The van der Waals surface area contributed by atoms with E-state index in [1.54, 1.807) is 0 Å². The van der Waals surface area contributed by atoms with Gasteiger partial charge in [0, 0.05) is 49.6 Å². The van der Waals surface area contributed by atoms with Crippen LogP contribution in [0, 0.1) is 0 Å². The van der Waals surface area contributed by atoms with Gasteiger partial charge < -0.3 is 9.13 Å². The summed E-state index contributed by atoms with van der Waals surface area (Å²) in [6.45, 7) is 0. The van der Waals surface area contributed by atoms with Crippen LogP contribution in [0.5, 0.6) is 0 Å². The lowest BCUT2D eigenvalue weighted by Crippen LogP contribution is -1.98. The van der Waals surface area contributed by atoms with Crippen LogP contribution in [0.4, 0.5) is 0 Å². The third-order valence-electron chi connectivity index (χ3n) is 13.4. The van der Waals surface area contributed by atoms with Crippen molar-refractivity contribution in [3.63, 3.8) is 0 Å². The quantitative estimate of drug-likeness (QED) is 0.153. The summed E-state index contributed by atoms with van der Waals surface area (Å²) in [4.78, 5) is 10.6. The van der Waals surface area contributed by atoms with Crippen molar-refractivity contribution < 1.29 is 0 Å². The molecule has 4 nitrogen and oxygen atoms in total. The molecule has 0 bridgehead atoms. The van der Waals surface area contributed by atoms with Gasteiger partial charge in [-0.1, -0.05) is 188 Å². The summed E-state index contributed by atoms with van der Waals surface area (Å²) in [5.74, 6) is 0.672. The van der Waals surface area contributed by atoms with E-state index >= 15 is 0 Å². The van der Waals surface area contributed by atoms with Crippen LogP contribution in [0.2, 0.25) is 0 Å². The zero-order valence-corrected chi connectivity index (χ0v) is 37.0. The zero-order valence-electron chi connectivity index (χ0n) is 37.0. The van der Waals surface area contributed by atoms with Crippen molar-refractivity contribution >= 4 is 43.6 Å². The number of benzene rings is 10. The smallest absolute Gasteiger partial charge is 0.160 e. The Morgan fingerprint density at radius 2 is 0.588 bits per heavy atom. The van der Waals surface area contributed by atoms with Crippen molar-refractivity contribution in [3.8, 4) is 78.7 Å². The van der Waals surface area contributed by atoms with Gasteiger partial charge in [-0.2, -0.15) is 0 Å². The van der Waals surface area contributed by atoms with Gasteiger partial charge in [-0.15, -0.1) is 0 Å². The van der Waals surface area contributed by atoms with Crippen LogP contribution in [-0.4, -0.2) is 19.1 Å². The Hall–Kier alpha value is -9.12. The normalized spacial score (nSPS) is 11.5. The molecule has 10 aromatic carbocycles. The summed E-state index contributed by atoms with van der Waals surface area (Å²) in [5, 5.41) is 4.89. The molecule has 0 radical (unpaired) electrons. The third-order valence-corrected chi connectivity index (χ3v) is 13.4. The maximum Gasteiger partial charge on any atom is 0.160 e. The lowest BCUT2D eigenvalue weighted by atomic mass is 10.0. The number of para-hydroxylation sites is 3. The van der Waals surface area contributed by atoms with E-state index in [0.29, 0.717) is 5.82 Å². The predicted octanol–water partition coefficient (Wildman–Crippen LogP) is 16.7. The maximum absolute atomic E-state index is 5.30. The van der Waals surface area contributed by atoms with E-state index in [9.17, 15) is 0 Å². The molecule has 13 aromatic rings. The van der Waals surface area contributed by atoms with Gasteiger partial charge in [-0.05, 0) is 100 Å². The summed E-state index contributed by atoms with van der Waals surface area (Å²) < 4.78 is 4.75. The lowest BCUT2D eigenvalue weighted by molar-refractivity contribution is 1.16.